The lowest BCUT2D eigenvalue weighted by Gasteiger charge is -2.26. The molecule has 1 aliphatic rings. The Kier molecular flexibility index (Phi) is 3.88. The highest BCUT2D eigenvalue weighted by Crippen LogP contribution is 2.24. The van der Waals surface area contributed by atoms with Gasteiger partial charge in [0.25, 0.3) is 0 Å². The Balaban J connectivity index is 2.29. The highest BCUT2D eigenvalue weighted by Gasteiger charge is 2.24. The first-order valence-corrected chi connectivity index (χ1v) is 4.81. The van der Waals surface area contributed by atoms with Crippen molar-refractivity contribution in [2.75, 3.05) is 0 Å². The van der Waals surface area contributed by atoms with Gasteiger partial charge >= 0.3 is 6.09 Å². The first-order chi connectivity index (χ1) is 6.63. The van der Waals surface area contributed by atoms with E-state index in [-0.39, 0.29) is 17.7 Å². The van der Waals surface area contributed by atoms with Crippen LogP contribution in [0.5, 0.6) is 0 Å². The van der Waals surface area contributed by atoms with Crippen LogP contribution in [0.15, 0.2) is 0 Å². The molecule has 1 fully saturated rings. The molecule has 1 aliphatic carbocycles. The van der Waals surface area contributed by atoms with E-state index in [1.807, 2.05) is 0 Å². The minimum Gasteiger partial charge on any atom is -0.357 e. The van der Waals surface area contributed by atoms with E-state index in [2.05, 4.69) is 10.2 Å². The normalized spacial score (nSPS) is 26.7. The van der Waals surface area contributed by atoms with Crippen LogP contribution < -0.4 is 11.2 Å². The van der Waals surface area contributed by atoms with Crippen LogP contribution in [0, 0.1) is 5.92 Å². The second-order valence-electron chi connectivity index (χ2n) is 3.71. The summed E-state index contributed by atoms with van der Waals surface area (Å²) in [6.45, 7) is 1.62. The van der Waals surface area contributed by atoms with Crippen LogP contribution in [0.2, 0.25) is 0 Å². The summed E-state index contributed by atoms with van der Waals surface area (Å²) in [5, 5.41) is 2.63. The lowest BCUT2D eigenvalue weighted by atomic mass is 9.84. The van der Waals surface area contributed by atoms with E-state index in [1.54, 1.807) is 6.92 Å². The van der Waals surface area contributed by atoms with E-state index >= 15 is 0 Å². The maximum atomic E-state index is 11.1. The molecule has 3 N–H and O–H groups in total. The second-order valence-corrected chi connectivity index (χ2v) is 3.71. The topological polar surface area (TPSA) is 81.4 Å². The van der Waals surface area contributed by atoms with Gasteiger partial charge in [-0.05, 0) is 32.6 Å². The summed E-state index contributed by atoms with van der Waals surface area (Å²) in [6.07, 6.45) is 2.71. The van der Waals surface area contributed by atoms with Gasteiger partial charge in [-0.3, -0.25) is 4.79 Å². The molecule has 0 aromatic carbocycles. The van der Waals surface area contributed by atoms with Crippen LogP contribution in [0.3, 0.4) is 0 Å². The number of nitrogens with one attached hydrogen (secondary N) is 1. The number of carbonyl (C=O) groups excluding carboxylic acids is 2. The molecule has 0 heterocycles. The van der Waals surface area contributed by atoms with E-state index in [0.29, 0.717) is 0 Å². The summed E-state index contributed by atoms with van der Waals surface area (Å²) >= 11 is 0. The van der Waals surface area contributed by atoms with Crippen molar-refractivity contribution in [2.24, 2.45) is 11.8 Å². The number of Topliss-reactive ketones (excluding diaryl/α,β-unsaturated/α-hetero) is 1. The molecule has 14 heavy (non-hydrogen) atoms. The predicted octanol–water partition coefficient (Wildman–Crippen LogP) is 0.734. The molecule has 1 saturated carbocycles. The molecule has 0 spiro atoms. The summed E-state index contributed by atoms with van der Waals surface area (Å²) in [5.74, 6) is 5.11. The third-order valence-corrected chi connectivity index (χ3v) is 2.73. The molecule has 0 atom stereocenters. The van der Waals surface area contributed by atoms with Crippen LogP contribution in [-0.2, 0) is 9.63 Å². The highest BCUT2D eigenvalue weighted by atomic mass is 16.7. The molecule has 1 amide bonds. The van der Waals surface area contributed by atoms with Crippen molar-refractivity contribution in [2.45, 2.75) is 38.6 Å². The van der Waals surface area contributed by atoms with Crippen molar-refractivity contribution in [3.8, 4) is 0 Å². The lowest BCUT2D eigenvalue weighted by Crippen LogP contribution is -2.39. The number of ketones is 1. The Labute approximate surface area is 82.9 Å². The van der Waals surface area contributed by atoms with Crippen LogP contribution in [0.4, 0.5) is 4.79 Å². The van der Waals surface area contributed by atoms with Gasteiger partial charge in [0.15, 0.2) is 0 Å². The number of hydrogen-bond acceptors (Lipinski definition) is 4. The fourth-order valence-corrected chi connectivity index (χ4v) is 1.84. The first kappa shape index (κ1) is 11.0. The molecule has 5 nitrogen and oxygen atoms in total. The number of hydrogen-bond donors (Lipinski definition) is 2. The maximum Gasteiger partial charge on any atom is 0.426 e. The Hall–Kier alpha value is -1.10. The van der Waals surface area contributed by atoms with Gasteiger partial charge in [-0.2, -0.15) is 5.90 Å². The van der Waals surface area contributed by atoms with Crippen LogP contribution in [-0.4, -0.2) is 17.9 Å². The van der Waals surface area contributed by atoms with Crippen molar-refractivity contribution in [3.63, 3.8) is 0 Å². The zero-order valence-corrected chi connectivity index (χ0v) is 8.29. The van der Waals surface area contributed by atoms with Crippen molar-refractivity contribution in [1.82, 2.24) is 5.32 Å². The Morgan fingerprint density at radius 2 is 1.86 bits per heavy atom. The van der Waals surface area contributed by atoms with Gasteiger partial charge in [0.05, 0.1) is 0 Å². The van der Waals surface area contributed by atoms with Crippen LogP contribution in [0.1, 0.15) is 32.6 Å². The van der Waals surface area contributed by atoms with Crippen molar-refractivity contribution in [3.05, 3.63) is 0 Å². The number of amides is 1. The zero-order chi connectivity index (χ0) is 10.6. The molecule has 0 aromatic heterocycles. The van der Waals surface area contributed by atoms with Gasteiger partial charge < -0.3 is 10.2 Å². The maximum absolute atomic E-state index is 11.1. The van der Waals surface area contributed by atoms with E-state index < -0.39 is 6.09 Å². The number of nitrogens with two attached hydrogens (primary N) is 1. The Morgan fingerprint density at radius 3 is 2.29 bits per heavy atom. The van der Waals surface area contributed by atoms with Gasteiger partial charge in [-0.25, -0.2) is 4.79 Å². The van der Waals surface area contributed by atoms with Gasteiger partial charge in [-0.15, -0.1) is 0 Å². The summed E-state index contributed by atoms with van der Waals surface area (Å²) in [7, 11) is 0. The molecule has 0 aromatic rings. The molecule has 0 unspecified atom stereocenters. The monoisotopic (exact) mass is 200 g/mol. The number of rotatable bonds is 2. The molecular weight excluding hydrogens is 184 g/mol. The molecule has 80 valence electrons. The van der Waals surface area contributed by atoms with Gasteiger partial charge in [-0.1, -0.05) is 0 Å². The standard InChI is InChI=1S/C9H16N2O3/c1-6(12)7-2-4-8(5-3-7)11-9(13)14-10/h7-8H,2-5,10H2,1H3,(H,11,13). The molecule has 0 bridgehead atoms. The van der Waals surface area contributed by atoms with Gasteiger partial charge in [0.1, 0.15) is 5.78 Å². The fraction of sp³-hybridized carbons (Fsp3) is 0.778. The molecule has 5 heteroatoms. The second kappa shape index (κ2) is 4.95. The van der Waals surface area contributed by atoms with Crippen molar-refractivity contribution in [1.29, 1.82) is 0 Å². The molecule has 0 saturated heterocycles. The Morgan fingerprint density at radius 1 is 1.29 bits per heavy atom. The van der Waals surface area contributed by atoms with E-state index in [9.17, 15) is 9.59 Å². The molecule has 0 radical (unpaired) electrons. The quantitative estimate of drug-likeness (QED) is 0.644. The minimum atomic E-state index is -0.601. The predicted molar refractivity (Wildman–Crippen MR) is 50.2 cm³/mol. The van der Waals surface area contributed by atoms with E-state index in [1.165, 1.54) is 0 Å². The summed E-state index contributed by atoms with van der Waals surface area (Å²) in [6, 6.07) is 0.0987. The molecule has 1 rings (SSSR count). The summed E-state index contributed by atoms with van der Waals surface area (Å²) in [4.78, 5) is 25.8. The molecule has 0 aliphatic heterocycles. The van der Waals surface area contributed by atoms with E-state index in [0.717, 1.165) is 25.7 Å². The fourth-order valence-electron chi connectivity index (χ4n) is 1.84. The first-order valence-electron chi connectivity index (χ1n) is 4.81. The van der Waals surface area contributed by atoms with Crippen LogP contribution >= 0.6 is 0 Å². The van der Waals surface area contributed by atoms with Crippen molar-refractivity contribution >= 4 is 11.9 Å². The smallest absolute Gasteiger partial charge is 0.357 e. The number of carbonyl (C=O) groups is 2. The van der Waals surface area contributed by atoms with Gasteiger partial charge in [0, 0.05) is 12.0 Å². The van der Waals surface area contributed by atoms with Crippen molar-refractivity contribution < 1.29 is 14.4 Å². The third kappa shape index (κ3) is 2.99. The summed E-state index contributed by atoms with van der Waals surface area (Å²) in [5.41, 5.74) is 0. The largest absolute Gasteiger partial charge is 0.426 e. The lowest BCUT2D eigenvalue weighted by molar-refractivity contribution is -0.121. The van der Waals surface area contributed by atoms with E-state index in [4.69, 9.17) is 5.90 Å². The van der Waals surface area contributed by atoms with Crippen LogP contribution in [0.25, 0.3) is 0 Å². The highest BCUT2D eigenvalue weighted by molar-refractivity contribution is 5.78. The molecular formula is C9H16N2O3. The third-order valence-electron chi connectivity index (χ3n) is 2.73. The minimum absolute atomic E-state index is 0.0987. The SMILES string of the molecule is CC(=O)C1CCC(NC(=O)ON)CC1. The van der Waals surface area contributed by atoms with Gasteiger partial charge in [0.2, 0.25) is 0 Å². The zero-order valence-electron chi connectivity index (χ0n) is 8.29. The Bertz CT molecular complexity index is 222. The summed E-state index contributed by atoms with van der Waals surface area (Å²) < 4.78 is 0. The average Bonchev–Trinajstić information content (AvgIpc) is 2.18. The average molecular weight is 200 g/mol.